The van der Waals surface area contributed by atoms with Crippen molar-refractivity contribution in [1.29, 1.82) is 0 Å². The van der Waals surface area contributed by atoms with Gasteiger partial charge in [0, 0.05) is 30.1 Å². The monoisotopic (exact) mass is 330 g/mol. The molecule has 0 radical (unpaired) electrons. The van der Waals surface area contributed by atoms with Gasteiger partial charge in [-0.15, -0.1) is 0 Å². The summed E-state index contributed by atoms with van der Waals surface area (Å²) < 4.78 is 22.7. The van der Waals surface area contributed by atoms with Gasteiger partial charge in [-0.05, 0) is 30.2 Å². The number of para-hydroxylation sites is 1. The Labute approximate surface area is 135 Å². The molecule has 6 heteroatoms. The first-order valence-corrected chi connectivity index (χ1v) is 8.92. The molecule has 0 aromatic heterocycles. The maximum absolute atomic E-state index is 11.9. The van der Waals surface area contributed by atoms with Crippen molar-refractivity contribution >= 4 is 21.5 Å². The minimum absolute atomic E-state index is 0.0635. The zero-order valence-electron chi connectivity index (χ0n) is 12.7. The van der Waals surface area contributed by atoms with Crippen LogP contribution in [0.15, 0.2) is 47.4 Å². The fraction of sp³-hybridized carbons (Fsp3) is 0.235. The van der Waals surface area contributed by atoms with Crippen LogP contribution < -0.4 is 10.5 Å². The fourth-order valence-electron chi connectivity index (χ4n) is 2.91. The third kappa shape index (κ3) is 3.28. The van der Waals surface area contributed by atoms with Gasteiger partial charge in [0.05, 0.1) is 4.90 Å². The molecule has 5 nitrogen and oxygen atoms in total. The maximum Gasteiger partial charge on any atom is 0.238 e. The highest BCUT2D eigenvalue weighted by molar-refractivity contribution is 7.89. The molecule has 0 amide bonds. The van der Waals surface area contributed by atoms with Gasteiger partial charge in [0.15, 0.2) is 0 Å². The first-order chi connectivity index (χ1) is 10.8. The van der Waals surface area contributed by atoms with E-state index in [0.29, 0.717) is 12.8 Å². The molecule has 120 valence electrons. The Morgan fingerprint density at radius 2 is 1.83 bits per heavy atom. The molecule has 2 aromatic carbocycles. The van der Waals surface area contributed by atoms with Crippen LogP contribution in [0, 0.1) is 0 Å². The number of carbonyl (C=O) groups excluding carboxylic acids is 1. The Bertz CT molecular complexity index is 858. The van der Waals surface area contributed by atoms with E-state index in [4.69, 9.17) is 5.14 Å². The van der Waals surface area contributed by atoms with Crippen molar-refractivity contribution in [2.45, 2.75) is 30.7 Å². The fourth-order valence-corrected chi connectivity index (χ4v) is 3.42. The number of fused-ring (bicyclic) bond motifs is 1. The van der Waals surface area contributed by atoms with Crippen molar-refractivity contribution in [3.8, 4) is 11.1 Å². The van der Waals surface area contributed by atoms with Crippen LogP contribution in [0.4, 0.5) is 5.69 Å². The van der Waals surface area contributed by atoms with Crippen LogP contribution in [0.1, 0.15) is 18.9 Å². The van der Waals surface area contributed by atoms with Gasteiger partial charge in [-0.1, -0.05) is 30.3 Å². The molecule has 0 bridgehead atoms. The molecule has 2 aromatic rings. The van der Waals surface area contributed by atoms with E-state index in [2.05, 4.69) is 5.32 Å². The normalized spacial score (nSPS) is 18.0. The lowest BCUT2D eigenvalue weighted by molar-refractivity contribution is -0.118. The van der Waals surface area contributed by atoms with Crippen molar-refractivity contribution in [3.63, 3.8) is 0 Å². The second-order valence-corrected chi connectivity index (χ2v) is 7.44. The first-order valence-electron chi connectivity index (χ1n) is 7.38. The number of anilines is 1. The maximum atomic E-state index is 11.9. The predicted octanol–water partition coefficient (Wildman–Crippen LogP) is 2.32. The largest absolute Gasteiger partial charge is 0.381 e. The molecule has 0 saturated heterocycles. The lowest BCUT2D eigenvalue weighted by Gasteiger charge is -2.17. The lowest BCUT2D eigenvalue weighted by Crippen LogP contribution is -2.17. The van der Waals surface area contributed by atoms with Crippen molar-refractivity contribution in [1.82, 2.24) is 0 Å². The van der Waals surface area contributed by atoms with Crippen molar-refractivity contribution in [2.75, 3.05) is 5.32 Å². The van der Waals surface area contributed by atoms with Crippen molar-refractivity contribution < 1.29 is 13.2 Å². The van der Waals surface area contributed by atoms with E-state index in [-0.39, 0.29) is 16.7 Å². The topological polar surface area (TPSA) is 89.3 Å². The summed E-state index contributed by atoms with van der Waals surface area (Å²) in [7, 11) is -3.70. The molecular weight excluding hydrogens is 312 g/mol. The van der Waals surface area contributed by atoms with Gasteiger partial charge >= 0.3 is 0 Å². The molecule has 3 N–H and O–H groups in total. The van der Waals surface area contributed by atoms with Crippen LogP contribution in [-0.2, 0) is 21.2 Å². The highest BCUT2D eigenvalue weighted by Gasteiger charge is 2.20. The van der Waals surface area contributed by atoms with E-state index in [1.54, 1.807) is 12.1 Å². The van der Waals surface area contributed by atoms with Crippen LogP contribution in [0.3, 0.4) is 0 Å². The van der Waals surface area contributed by atoms with Gasteiger partial charge in [-0.2, -0.15) is 0 Å². The second-order valence-electron chi connectivity index (χ2n) is 5.87. The zero-order valence-corrected chi connectivity index (χ0v) is 13.6. The number of rotatable bonds is 2. The quantitative estimate of drug-likeness (QED) is 0.884. The first kappa shape index (κ1) is 15.7. The average molecular weight is 330 g/mol. The van der Waals surface area contributed by atoms with Gasteiger partial charge in [0.25, 0.3) is 0 Å². The molecule has 0 saturated carbocycles. The molecule has 1 aliphatic heterocycles. The molecule has 3 rings (SSSR count). The zero-order chi connectivity index (χ0) is 16.6. The number of sulfonamides is 1. The Hall–Kier alpha value is -2.18. The lowest BCUT2D eigenvalue weighted by atomic mass is 9.98. The second kappa shape index (κ2) is 5.79. The molecular formula is C17H18N2O3S. The number of nitrogens with two attached hydrogens (primary N) is 1. The Morgan fingerprint density at radius 1 is 1.13 bits per heavy atom. The molecule has 1 atom stereocenters. The van der Waals surface area contributed by atoms with E-state index >= 15 is 0 Å². The molecule has 0 unspecified atom stereocenters. The molecule has 1 heterocycles. The highest BCUT2D eigenvalue weighted by atomic mass is 32.2. The Balaban J connectivity index is 2.08. The summed E-state index contributed by atoms with van der Waals surface area (Å²) in [5, 5.41) is 8.53. The number of primary sulfonamides is 1. The molecule has 0 spiro atoms. The summed E-state index contributed by atoms with van der Waals surface area (Å²) in [4.78, 5) is 12.0. The third-order valence-electron chi connectivity index (χ3n) is 3.96. The van der Waals surface area contributed by atoms with Crippen molar-refractivity contribution in [3.05, 3.63) is 48.0 Å². The minimum atomic E-state index is -3.70. The smallest absolute Gasteiger partial charge is 0.238 e. The Morgan fingerprint density at radius 3 is 2.48 bits per heavy atom. The minimum Gasteiger partial charge on any atom is -0.381 e. The van der Waals surface area contributed by atoms with Crippen molar-refractivity contribution in [2.24, 2.45) is 5.14 Å². The van der Waals surface area contributed by atoms with E-state index in [1.807, 2.05) is 25.1 Å². The molecule has 0 fully saturated rings. The number of carbonyl (C=O) groups is 1. The Kier molecular flexibility index (Phi) is 3.95. The van der Waals surface area contributed by atoms with Gasteiger partial charge in [-0.3, -0.25) is 4.79 Å². The van der Waals surface area contributed by atoms with E-state index in [1.165, 1.54) is 12.1 Å². The van der Waals surface area contributed by atoms with E-state index in [0.717, 1.165) is 22.4 Å². The summed E-state index contributed by atoms with van der Waals surface area (Å²) in [5.74, 6) is 0.213. The number of hydrogen-bond donors (Lipinski definition) is 2. The number of Topliss-reactive ketones (excluding diaryl/α,β-unsaturated/α-hetero) is 1. The summed E-state index contributed by atoms with van der Waals surface area (Å²) in [6.07, 6.45) is 0.911. The highest BCUT2D eigenvalue weighted by Crippen LogP contribution is 2.34. The van der Waals surface area contributed by atoms with Crippen LogP contribution in [-0.4, -0.2) is 20.2 Å². The SMILES string of the molecule is C[C@@H]1CC(=O)Cc2cccc(-c3ccc(S(N)(=O)=O)cc3)c2N1. The van der Waals surface area contributed by atoms with E-state index in [9.17, 15) is 13.2 Å². The van der Waals surface area contributed by atoms with Crippen LogP contribution in [0.2, 0.25) is 0 Å². The van der Waals surface area contributed by atoms with Crippen LogP contribution >= 0.6 is 0 Å². The van der Waals surface area contributed by atoms with Crippen LogP contribution in [0.5, 0.6) is 0 Å². The molecule has 0 aliphatic carbocycles. The third-order valence-corrected chi connectivity index (χ3v) is 4.89. The number of nitrogens with one attached hydrogen (secondary N) is 1. The number of benzene rings is 2. The van der Waals surface area contributed by atoms with Gasteiger partial charge in [0.2, 0.25) is 10.0 Å². The predicted molar refractivity (Wildman–Crippen MR) is 89.7 cm³/mol. The summed E-state index contributed by atoms with van der Waals surface area (Å²) in [6, 6.07) is 12.3. The molecule has 1 aliphatic rings. The number of ketones is 1. The summed E-state index contributed by atoms with van der Waals surface area (Å²) >= 11 is 0. The summed E-state index contributed by atoms with van der Waals surface area (Å²) in [5.41, 5.74) is 3.73. The molecule has 23 heavy (non-hydrogen) atoms. The average Bonchev–Trinajstić information content (AvgIpc) is 2.62. The van der Waals surface area contributed by atoms with Crippen LogP contribution in [0.25, 0.3) is 11.1 Å². The summed E-state index contributed by atoms with van der Waals surface area (Å²) in [6.45, 7) is 1.98. The van der Waals surface area contributed by atoms with E-state index < -0.39 is 10.0 Å². The van der Waals surface area contributed by atoms with Gasteiger partial charge in [-0.25, -0.2) is 13.6 Å². The number of hydrogen-bond acceptors (Lipinski definition) is 4. The standard InChI is InChI=1S/C17H18N2O3S/c1-11-9-14(20)10-13-3-2-4-16(17(13)19-11)12-5-7-15(8-6-12)23(18,21)22/h2-8,11,19H,9-10H2,1H3,(H2,18,21,22)/t11-/m1/s1. The van der Waals surface area contributed by atoms with Gasteiger partial charge in [0.1, 0.15) is 5.78 Å². The van der Waals surface area contributed by atoms with Gasteiger partial charge < -0.3 is 5.32 Å².